The van der Waals surface area contributed by atoms with Crippen LogP contribution in [0, 0.1) is 10.1 Å². The van der Waals surface area contributed by atoms with Gasteiger partial charge in [0.15, 0.2) is 0 Å². The maximum atomic E-state index is 12.7. The standard InChI is InChI=1S/C18H16F3N3O5/c1-28-15-9-16(29-2)14(24(26)27)8-12(15)10-22-23-17(25)7-11-4-3-5-13(6-11)18(19,20)21/h3-6,8-10H,7H2,1-2H3,(H,23,25)/b22-10+. The Labute approximate surface area is 163 Å². The van der Waals surface area contributed by atoms with Crippen LogP contribution in [0.25, 0.3) is 0 Å². The first-order valence-corrected chi connectivity index (χ1v) is 8.04. The van der Waals surface area contributed by atoms with E-state index in [1.54, 1.807) is 0 Å². The number of nitro benzene ring substituents is 1. The average molecular weight is 411 g/mol. The summed E-state index contributed by atoms with van der Waals surface area (Å²) in [5.74, 6) is -0.469. The fourth-order valence-corrected chi connectivity index (χ4v) is 2.41. The Morgan fingerprint density at radius 2 is 1.90 bits per heavy atom. The first-order valence-electron chi connectivity index (χ1n) is 8.04. The third kappa shape index (κ3) is 5.67. The molecule has 0 bridgehead atoms. The van der Waals surface area contributed by atoms with E-state index in [9.17, 15) is 28.1 Å². The molecule has 29 heavy (non-hydrogen) atoms. The van der Waals surface area contributed by atoms with Crippen molar-refractivity contribution in [2.24, 2.45) is 5.10 Å². The number of amides is 1. The Bertz CT molecular complexity index is 945. The number of carbonyl (C=O) groups is 1. The Hall–Kier alpha value is -3.63. The normalized spacial score (nSPS) is 11.3. The summed E-state index contributed by atoms with van der Waals surface area (Å²) in [6.45, 7) is 0. The van der Waals surface area contributed by atoms with Crippen LogP contribution in [-0.4, -0.2) is 31.3 Å². The molecule has 11 heteroatoms. The molecule has 0 aliphatic carbocycles. The summed E-state index contributed by atoms with van der Waals surface area (Å²) in [6, 6.07) is 6.82. The number of ether oxygens (including phenoxy) is 2. The lowest BCUT2D eigenvalue weighted by Crippen LogP contribution is -2.20. The predicted molar refractivity (Wildman–Crippen MR) is 97.1 cm³/mol. The predicted octanol–water partition coefficient (Wildman–Crippen LogP) is 3.32. The Kier molecular flexibility index (Phi) is 6.75. The molecule has 2 rings (SSSR count). The van der Waals surface area contributed by atoms with E-state index in [1.807, 2.05) is 0 Å². The molecule has 0 radical (unpaired) electrons. The molecule has 0 saturated heterocycles. The minimum absolute atomic E-state index is 0.0161. The molecule has 154 valence electrons. The van der Waals surface area contributed by atoms with E-state index in [4.69, 9.17) is 9.47 Å². The number of benzene rings is 2. The molecular formula is C18H16F3N3O5. The van der Waals surface area contributed by atoms with Gasteiger partial charge in [-0.1, -0.05) is 18.2 Å². The van der Waals surface area contributed by atoms with Crippen LogP contribution in [0.4, 0.5) is 18.9 Å². The van der Waals surface area contributed by atoms with E-state index in [0.29, 0.717) is 0 Å². The van der Waals surface area contributed by atoms with Crippen molar-refractivity contribution in [3.63, 3.8) is 0 Å². The monoisotopic (exact) mass is 411 g/mol. The Morgan fingerprint density at radius 1 is 1.21 bits per heavy atom. The second-order valence-electron chi connectivity index (χ2n) is 5.69. The quantitative estimate of drug-likeness (QED) is 0.428. The lowest BCUT2D eigenvalue weighted by atomic mass is 10.1. The van der Waals surface area contributed by atoms with E-state index in [1.165, 1.54) is 32.4 Å². The molecule has 0 unspecified atom stereocenters. The van der Waals surface area contributed by atoms with Crippen LogP contribution >= 0.6 is 0 Å². The number of hydrogen-bond donors (Lipinski definition) is 1. The molecule has 0 aliphatic heterocycles. The van der Waals surface area contributed by atoms with E-state index >= 15 is 0 Å². The van der Waals surface area contributed by atoms with E-state index < -0.39 is 22.6 Å². The fourth-order valence-electron chi connectivity index (χ4n) is 2.41. The van der Waals surface area contributed by atoms with Crippen LogP contribution in [0.5, 0.6) is 11.5 Å². The molecule has 0 aromatic heterocycles. The van der Waals surface area contributed by atoms with Gasteiger partial charge in [-0.05, 0) is 11.6 Å². The summed E-state index contributed by atoms with van der Waals surface area (Å²) in [7, 11) is 2.60. The van der Waals surface area contributed by atoms with E-state index in [2.05, 4.69) is 10.5 Å². The molecule has 1 N–H and O–H groups in total. The van der Waals surface area contributed by atoms with Crippen LogP contribution in [0.15, 0.2) is 41.5 Å². The minimum atomic E-state index is -4.51. The van der Waals surface area contributed by atoms with Gasteiger partial charge in [0.05, 0.1) is 37.3 Å². The Morgan fingerprint density at radius 3 is 2.48 bits per heavy atom. The van der Waals surface area contributed by atoms with Crippen LogP contribution in [0.1, 0.15) is 16.7 Å². The summed E-state index contributed by atoms with van der Waals surface area (Å²) < 4.78 is 48.2. The molecule has 0 heterocycles. The first kappa shape index (κ1) is 21.7. The maximum Gasteiger partial charge on any atom is 0.416 e. The van der Waals surface area contributed by atoms with Crippen LogP contribution in [0.2, 0.25) is 0 Å². The molecule has 2 aromatic rings. The van der Waals surface area contributed by atoms with Gasteiger partial charge in [-0.25, -0.2) is 5.43 Å². The van der Waals surface area contributed by atoms with Gasteiger partial charge in [0.2, 0.25) is 11.7 Å². The smallest absolute Gasteiger partial charge is 0.416 e. The minimum Gasteiger partial charge on any atom is -0.496 e. The van der Waals surface area contributed by atoms with Gasteiger partial charge < -0.3 is 9.47 Å². The zero-order chi connectivity index (χ0) is 21.6. The van der Waals surface area contributed by atoms with Crippen LogP contribution < -0.4 is 14.9 Å². The topological polar surface area (TPSA) is 103 Å². The summed E-state index contributed by atoms with van der Waals surface area (Å²) >= 11 is 0. The molecule has 0 atom stereocenters. The van der Waals surface area contributed by atoms with E-state index in [-0.39, 0.29) is 34.7 Å². The van der Waals surface area contributed by atoms with Crippen molar-refractivity contribution in [3.8, 4) is 11.5 Å². The number of hydrazone groups is 1. The molecule has 8 nitrogen and oxygen atoms in total. The second kappa shape index (κ2) is 9.04. The second-order valence-corrected chi connectivity index (χ2v) is 5.69. The molecular weight excluding hydrogens is 395 g/mol. The van der Waals surface area contributed by atoms with Crippen molar-refractivity contribution >= 4 is 17.8 Å². The zero-order valence-corrected chi connectivity index (χ0v) is 15.3. The van der Waals surface area contributed by atoms with Gasteiger partial charge in [0, 0.05) is 17.7 Å². The molecule has 1 amide bonds. The summed E-state index contributed by atoms with van der Waals surface area (Å²) in [5.41, 5.74) is 1.32. The van der Waals surface area contributed by atoms with Crippen molar-refractivity contribution in [1.29, 1.82) is 0 Å². The maximum absolute atomic E-state index is 12.7. The van der Waals surface area contributed by atoms with Crippen molar-refractivity contribution in [2.75, 3.05) is 14.2 Å². The number of nitro groups is 1. The zero-order valence-electron chi connectivity index (χ0n) is 15.3. The van der Waals surface area contributed by atoms with E-state index in [0.717, 1.165) is 24.4 Å². The van der Waals surface area contributed by atoms with Crippen molar-refractivity contribution in [3.05, 3.63) is 63.2 Å². The third-order valence-electron chi connectivity index (χ3n) is 3.74. The number of rotatable bonds is 7. The van der Waals surface area contributed by atoms with Crippen LogP contribution in [0.3, 0.4) is 0 Å². The lowest BCUT2D eigenvalue weighted by Gasteiger charge is -2.09. The molecule has 0 saturated carbocycles. The number of halogens is 3. The van der Waals surface area contributed by atoms with Gasteiger partial charge in [0.1, 0.15) is 5.75 Å². The van der Waals surface area contributed by atoms with Gasteiger partial charge in [-0.3, -0.25) is 14.9 Å². The third-order valence-corrected chi connectivity index (χ3v) is 3.74. The highest BCUT2D eigenvalue weighted by Gasteiger charge is 2.30. The largest absolute Gasteiger partial charge is 0.496 e. The number of nitrogens with zero attached hydrogens (tertiary/aromatic N) is 2. The SMILES string of the molecule is COc1cc(OC)c([N+](=O)[O-])cc1/C=N/NC(=O)Cc1cccc(C(F)(F)F)c1. The summed E-state index contributed by atoms with van der Waals surface area (Å²) in [5, 5.41) is 14.8. The van der Waals surface area contributed by atoms with Crippen LogP contribution in [-0.2, 0) is 17.4 Å². The van der Waals surface area contributed by atoms with Gasteiger partial charge in [-0.15, -0.1) is 0 Å². The fraction of sp³-hybridized carbons (Fsp3) is 0.222. The number of methoxy groups -OCH3 is 2. The lowest BCUT2D eigenvalue weighted by molar-refractivity contribution is -0.385. The number of nitrogens with one attached hydrogen (secondary N) is 1. The summed E-state index contributed by atoms with van der Waals surface area (Å²) in [6.07, 6.45) is -3.72. The highest BCUT2D eigenvalue weighted by atomic mass is 19.4. The van der Waals surface area contributed by atoms with Gasteiger partial charge in [-0.2, -0.15) is 18.3 Å². The summed E-state index contributed by atoms with van der Waals surface area (Å²) in [4.78, 5) is 22.4. The van der Waals surface area contributed by atoms with Gasteiger partial charge >= 0.3 is 11.9 Å². The Balaban J connectivity index is 2.12. The number of hydrogen-bond acceptors (Lipinski definition) is 6. The van der Waals surface area contributed by atoms with Gasteiger partial charge in [0.25, 0.3) is 0 Å². The average Bonchev–Trinajstić information content (AvgIpc) is 2.67. The molecule has 0 fully saturated rings. The number of alkyl halides is 3. The molecule has 2 aromatic carbocycles. The molecule has 0 spiro atoms. The first-order chi connectivity index (χ1) is 13.7. The van der Waals surface area contributed by atoms with Crippen molar-refractivity contribution < 1.29 is 32.4 Å². The highest BCUT2D eigenvalue weighted by molar-refractivity contribution is 5.87. The highest BCUT2D eigenvalue weighted by Crippen LogP contribution is 2.33. The molecule has 0 aliphatic rings. The van der Waals surface area contributed by atoms with Crippen molar-refractivity contribution in [2.45, 2.75) is 12.6 Å². The van der Waals surface area contributed by atoms with Crippen molar-refractivity contribution in [1.82, 2.24) is 5.43 Å². The number of carbonyl (C=O) groups excluding carboxylic acids is 1.